The zero-order valence-electron chi connectivity index (χ0n) is 13.1. The minimum atomic E-state index is -0.144. The van der Waals surface area contributed by atoms with E-state index in [4.69, 9.17) is 11.6 Å². The van der Waals surface area contributed by atoms with Crippen molar-refractivity contribution in [1.29, 1.82) is 0 Å². The second-order valence-electron chi connectivity index (χ2n) is 5.85. The molecular formula is C19H19ClN2O. The second-order valence-corrected chi connectivity index (χ2v) is 6.29. The number of anilines is 1. The van der Waals surface area contributed by atoms with E-state index in [1.165, 1.54) is 17.2 Å². The summed E-state index contributed by atoms with van der Waals surface area (Å²) >= 11 is 5.93. The van der Waals surface area contributed by atoms with Gasteiger partial charge in [0.25, 0.3) is 0 Å². The largest absolute Gasteiger partial charge is 0.323 e. The highest BCUT2D eigenvalue weighted by Crippen LogP contribution is 2.22. The first-order chi connectivity index (χ1) is 11.1. The van der Waals surface area contributed by atoms with Crippen molar-refractivity contribution in [2.45, 2.75) is 13.0 Å². The number of likely N-dealkylation sites (N-methyl/N-ethyl adjacent to an activating group) is 1. The van der Waals surface area contributed by atoms with E-state index >= 15 is 0 Å². The van der Waals surface area contributed by atoms with Gasteiger partial charge in [0.1, 0.15) is 0 Å². The lowest BCUT2D eigenvalue weighted by atomic mass is 9.99. The van der Waals surface area contributed by atoms with E-state index in [1.807, 2.05) is 30.3 Å². The Hall–Kier alpha value is -2.10. The zero-order chi connectivity index (χ0) is 16.2. The molecule has 3 rings (SSSR count). The van der Waals surface area contributed by atoms with E-state index in [-0.39, 0.29) is 5.91 Å². The summed E-state index contributed by atoms with van der Waals surface area (Å²) in [7, 11) is 2.11. The summed E-state index contributed by atoms with van der Waals surface area (Å²) in [6, 6.07) is 13.5. The third-order valence-corrected chi connectivity index (χ3v) is 4.19. The number of carbonyl (C=O) groups excluding carboxylic acids is 1. The van der Waals surface area contributed by atoms with Gasteiger partial charge in [-0.2, -0.15) is 0 Å². The van der Waals surface area contributed by atoms with Crippen molar-refractivity contribution >= 4 is 29.3 Å². The fourth-order valence-corrected chi connectivity index (χ4v) is 2.94. The van der Waals surface area contributed by atoms with Gasteiger partial charge < -0.3 is 10.2 Å². The minimum Gasteiger partial charge on any atom is -0.323 e. The normalized spacial score (nSPS) is 14.7. The Bertz CT molecular complexity index is 755. The van der Waals surface area contributed by atoms with Gasteiger partial charge in [0.15, 0.2) is 0 Å². The highest BCUT2D eigenvalue weighted by Gasteiger charge is 2.13. The van der Waals surface area contributed by atoms with E-state index in [0.29, 0.717) is 5.02 Å². The molecule has 0 spiro atoms. The van der Waals surface area contributed by atoms with Crippen molar-refractivity contribution in [3.63, 3.8) is 0 Å². The van der Waals surface area contributed by atoms with Gasteiger partial charge in [0, 0.05) is 29.9 Å². The van der Waals surface area contributed by atoms with Gasteiger partial charge in [0.05, 0.1) is 0 Å². The average Bonchev–Trinajstić information content (AvgIpc) is 2.53. The van der Waals surface area contributed by atoms with Crippen LogP contribution in [0.5, 0.6) is 0 Å². The van der Waals surface area contributed by atoms with Crippen molar-refractivity contribution in [2.24, 2.45) is 0 Å². The van der Waals surface area contributed by atoms with Crippen molar-refractivity contribution < 1.29 is 4.79 Å². The van der Waals surface area contributed by atoms with Crippen LogP contribution in [-0.4, -0.2) is 24.4 Å². The molecule has 1 N–H and O–H groups in total. The molecule has 1 amide bonds. The molecule has 0 saturated heterocycles. The molecule has 0 atom stereocenters. The predicted octanol–water partition coefficient (Wildman–Crippen LogP) is 3.98. The molecule has 3 nitrogen and oxygen atoms in total. The summed E-state index contributed by atoms with van der Waals surface area (Å²) in [5.74, 6) is -0.144. The smallest absolute Gasteiger partial charge is 0.248 e. The third kappa shape index (κ3) is 4.21. The van der Waals surface area contributed by atoms with Crippen molar-refractivity contribution in [3.8, 4) is 0 Å². The van der Waals surface area contributed by atoms with E-state index in [1.54, 1.807) is 6.08 Å². The maximum Gasteiger partial charge on any atom is 0.248 e. The summed E-state index contributed by atoms with van der Waals surface area (Å²) in [6.45, 7) is 2.01. The second kappa shape index (κ2) is 6.99. The minimum absolute atomic E-state index is 0.144. The number of amides is 1. The molecule has 1 aliphatic rings. The topological polar surface area (TPSA) is 32.3 Å². The molecule has 4 heteroatoms. The van der Waals surface area contributed by atoms with E-state index in [9.17, 15) is 4.79 Å². The first kappa shape index (κ1) is 15.8. The maximum atomic E-state index is 12.1. The van der Waals surface area contributed by atoms with Crippen molar-refractivity contribution in [2.75, 3.05) is 18.9 Å². The van der Waals surface area contributed by atoms with Gasteiger partial charge in [-0.3, -0.25) is 4.79 Å². The number of hydrogen-bond donors (Lipinski definition) is 1. The summed E-state index contributed by atoms with van der Waals surface area (Å²) in [5, 5.41) is 3.57. The quantitative estimate of drug-likeness (QED) is 0.865. The van der Waals surface area contributed by atoms with Crippen LogP contribution in [0.2, 0.25) is 5.02 Å². The first-order valence-electron chi connectivity index (χ1n) is 7.65. The molecule has 0 bridgehead atoms. The van der Waals surface area contributed by atoms with Crippen LogP contribution in [0, 0.1) is 0 Å². The summed E-state index contributed by atoms with van der Waals surface area (Å²) in [4.78, 5) is 14.3. The Kier molecular flexibility index (Phi) is 4.79. The molecule has 0 fully saturated rings. The lowest BCUT2D eigenvalue weighted by Crippen LogP contribution is -2.26. The van der Waals surface area contributed by atoms with E-state index in [0.717, 1.165) is 30.8 Å². The fourth-order valence-electron chi connectivity index (χ4n) is 2.74. The first-order valence-corrected chi connectivity index (χ1v) is 8.03. The van der Waals surface area contributed by atoms with Crippen molar-refractivity contribution in [3.05, 3.63) is 70.3 Å². The molecule has 0 aromatic heterocycles. The van der Waals surface area contributed by atoms with Crippen LogP contribution >= 0.6 is 11.6 Å². The number of fused-ring (bicyclic) bond motifs is 1. The number of hydrogen-bond acceptors (Lipinski definition) is 2. The number of benzene rings is 2. The Balaban J connectivity index is 1.67. The molecule has 0 saturated carbocycles. The van der Waals surface area contributed by atoms with E-state index in [2.05, 4.69) is 29.4 Å². The molecule has 1 aliphatic heterocycles. The molecular weight excluding hydrogens is 308 g/mol. The lowest BCUT2D eigenvalue weighted by molar-refractivity contribution is -0.111. The van der Waals surface area contributed by atoms with Crippen molar-refractivity contribution in [1.82, 2.24) is 4.90 Å². The molecule has 0 aliphatic carbocycles. The Labute approximate surface area is 141 Å². The average molecular weight is 327 g/mol. The number of nitrogens with one attached hydrogen (secondary N) is 1. The Morgan fingerprint density at radius 3 is 2.91 bits per heavy atom. The van der Waals surface area contributed by atoms with Gasteiger partial charge in [-0.1, -0.05) is 29.8 Å². The number of nitrogens with zero attached hydrogens (tertiary/aromatic N) is 1. The van der Waals surface area contributed by atoms with Gasteiger partial charge in [-0.15, -0.1) is 0 Å². The molecule has 0 radical (unpaired) electrons. The van der Waals surface area contributed by atoms with Crippen LogP contribution in [-0.2, 0) is 17.8 Å². The standard InChI is InChI=1S/C19H19ClN2O/c1-22-10-9-15-6-7-18(12-16(15)13-22)21-19(23)8-5-14-3-2-4-17(20)11-14/h2-8,11-12H,9-10,13H2,1H3,(H,21,23). The Morgan fingerprint density at radius 1 is 1.22 bits per heavy atom. The number of rotatable bonds is 3. The predicted molar refractivity (Wildman–Crippen MR) is 95.6 cm³/mol. The monoisotopic (exact) mass is 326 g/mol. The van der Waals surface area contributed by atoms with Crippen LogP contribution in [0.4, 0.5) is 5.69 Å². The summed E-state index contributed by atoms with van der Waals surface area (Å²) in [5.41, 5.74) is 4.39. The van der Waals surface area contributed by atoms with Crippen LogP contribution in [0.15, 0.2) is 48.5 Å². The fraction of sp³-hybridized carbons (Fsp3) is 0.211. The summed E-state index contributed by atoms with van der Waals surface area (Å²) < 4.78 is 0. The SMILES string of the molecule is CN1CCc2ccc(NC(=O)C=Cc3cccc(Cl)c3)cc2C1. The zero-order valence-corrected chi connectivity index (χ0v) is 13.8. The lowest BCUT2D eigenvalue weighted by Gasteiger charge is -2.25. The molecule has 118 valence electrons. The molecule has 2 aromatic rings. The van der Waals surface area contributed by atoms with Crippen LogP contribution in [0.1, 0.15) is 16.7 Å². The highest BCUT2D eigenvalue weighted by atomic mass is 35.5. The van der Waals surface area contributed by atoms with Crippen LogP contribution in [0.25, 0.3) is 6.08 Å². The number of halogens is 1. The van der Waals surface area contributed by atoms with Crippen LogP contribution in [0.3, 0.4) is 0 Å². The molecule has 1 heterocycles. The molecule has 23 heavy (non-hydrogen) atoms. The Morgan fingerprint density at radius 2 is 2.09 bits per heavy atom. The molecule has 2 aromatic carbocycles. The highest BCUT2D eigenvalue weighted by molar-refractivity contribution is 6.30. The maximum absolute atomic E-state index is 12.1. The van der Waals surface area contributed by atoms with Crippen LogP contribution < -0.4 is 5.32 Å². The van der Waals surface area contributed by atoms with Gasteiger partial charge >= 0.3 is 0 Å². The molecule has 0 unspecified atom stereocenters. The van der Waals surface area contributed by atoms with Gasteiger partial charge in [-0.25, -0.2) is 0 Å². The number of carbonyl (C=O) groups is 1. The third-order valence-electron chi connectivity index (χ3n) is 3.95. The van der Waals surface area contributed by atoms with E-state index < -0.39 is 0 Å². The van der Waals surface area contributed by atoms with Gasteiger partial charge in [0.2, 0.25) is 5.91 Å². The summed E-state index contributed by atoms with van der Waals surface area (Å²) in [6.07, 6.45) is 4.35. The van der Waals surface area contributed by atoms with Gasteiger partial charge in [-0.05, 0) is 60.5 Å².